The Hall–Kier alpha value is -3.29. The number of phenols is 1. The van der Waals surface area contributed by atoms with E-state index >= 15 is 0 Å². The SMILES string of the molecule is CCS(=O)(=O)c1cc(C(N)=O)c(O)c(NS(C)(=O)=O)c1-c1c(C(=O)O)[nH]c2ccc(Cl)cc12. The van der Waals surface area contributed by atoms with E-state index in [1.165, 1.54) is 25.1 Å². The number of fused-ring (bicyclic) bond motifs is 1. The van der Waals surface area contributed by atoms with Gasteiger partial charge in [0.15, 0.2) is 15.6 Å². The number of sulfonamides is 1. The summed E-state index contributed by atoms with van der Waals surface area (Å²) in [7, 11) is -8.38. The number of aromatic amines is 1. The largest absolute Gasteiger partial charge is 0.505 e. The normalized spacial score (nSPS) is 12.1. The van der Waals surface area contributed by atoms with Gasteiger partial charge < -0.3 is 20.9 Å². The monoisotopic (exact) mass is 515 g/mol. The summed E-state index contributed by atoms with van der Waals surface area (Å²) in [6.07, 6.45) is 0.728. The molecule has 0 radical (unpaired) electrons. The molecule has 14 heteroatoms. The van der Waals surface area contributed by atoms with Crippen molar-refractivity contribution in [3.05, 3.63) is 40.5 Å². The van der Waals surface area contributed by atoms with E-state index < -0.39 is 70.6 Å². The number of benzene rings is 2. The summed E-state index contributed by atoms with van der Waals surface area (Å²) in [5.41, 5.74) is 2.89. The van der Waals surface area contributed by atoms with Gasteiger partial charge in [0.25, 0.3) is 5.91 Å². The quantitative estimate of drug-likeness (QED) is 0.295. The van der Waals surface area contributed by atoms with Gasteiger partial charge in [0, 0.05) is 27.1 Å². The molecule has 176 valence electrons. The van der Waals surface area contributed by atoms with Crippen LogP contribution in [0.25, 0.3) is 22.0 Å². The molecular formula is C19H18ClN3O8S2. The van der Waals surface area contributed by atoms with E-state index in [1.54, 1.807) is 0 Å². The number of aromatic nitrogens is 1. The molecule has 0 spiro atoms. The molecule has 2 aromatic carbocycles. The lowest BCUT2D eigenvalue weighted by Crippen LogP contribution is -2.18. The Morgan fingerprint density at radius 2 is 1.79 bits per heavy atom. The van der Waals surface area contributed by atoms with Crippen LogP contribution in [0.15, 0.2) is 29.2 Å². The molecule has 6 N–H and O–H groups in total. The lowest BCUT2D eigenvalue weighted by atomic mass is 9.97. The van der Waals surface area contributed by atoms with Crippen molar-refractivity contribution in [3.63, 3.8) is 0 Å². The molecule has 11 nitrogen and oxygen atoms in total. The van der Waals surface area contributed by atoms with Gasteiger partial charge >= 0.3 is 5.97 Å². The summed E-state index contributed by atoms with van der Waals surface area (Å²) in [6, 6.07) is 5.04. The number of aromatic carboxylic acids is 1. The molecule has 3 aromatic rings. The predicted octanol–water partition coefficient (Wildman–Crippen LogP) is 2.16. The molecule has 0 saturated heterocycles. The summed E-state index contributed by atoms with van der Waals surface area (Å²) in [5.74, 6) is -4.19. The minimum absolute atomic E-state index is 0.134. The molecule has 3 rings (SSSR count). The number of carbonyl (C=O) groups is 2. The molecule has 0 bridgehead atoms. The van der Waals surface area contributed by atoms with Crippen molar-refractivity contribution in [1.82, 2.24) is 4.98 Å². The van der Waals surface area contributed by atoms with E-state index in [0.29, 0.717) is 0 Å². The van der Waals surface area contributed by atoms with Gasteiger partial charge in [-0.1, -0.05) is 18.5 Å². The fourth-order valence-electron chi connectivity index (χ4n) is 3.35. The molecule has 0 saturated carbocycles. The van der Waals surface area contributed by atoms with Gasteiger partial charge in [0.1, 0.15) is 11.4 Å². The number of carboxylic acids is 1. The second-order valence-corrected chi connectivity index (χ2v) is 11.5. The van der Waals surface area contributed by atoms with Crippen molar-refractivity contribution >= 4 is 59.9 Å². The van der Waals surface area contributed by atoms with Gasteiger partial charge in [0.05, 0.1) is 22.5 Å². The second kappa shape index (κ2) is 8.24. The van der Waals surface area contributed by atoms with Crippen LogP contribution < -0.4 is 10.5 Å². The molecule has 0 aliphatic rings. The number of carbonyl (C=O) groups excluding carboxylic acids is 1. The number of hydrogen-bond donors (Lipinski definition) is 5. The van der Waals surface area contributed by atoms with Gasteiger partial charge in [-0.3, -0.25) is 9.52 Å². The van der Waals surface area contributed by atoms with Crippen LogP contribution in [0.1, 0.15) is 27.8 Å². The number of carboxylic acid groups (broad SMARTS) is 1. The Kier molecular flexibility index (Phi) is 6.08. The third-order valence-corrected chi connectivity index (χ3v) is 7.32. The predicted molar refractivity (Wildman–Crippen MR) is 122 cm³/mol. The van der Waals surface area contributed by atoms with E-state index in [0.717, 1.165) is 12.3 Å². The Labute approximate surface area is 193 Å². The smallest absolute Gasteiger partial charge is 0.352 e. The van der Waals surface area contributed by atoms with Crippen molar-refractivity contribution in [2.45, 2.75) is 11.8 Å². The van der Waals surface area contributed by atoms with E-state index in [2.05, 4.69) is 4.98 Å². The third kappa shape index (κ3) is 4.47. The molecule has 1 aromatic heterocycles. The van der Waals surface area contributed by atoms with E-state index in [9.17, 15) is 36.6 Å². The molecule has 1 amide bonds. The van der Waals surface area contributed by atoms with E-state index in [-0.39, 0.29) is 21.5 Å². The van der Waals surface area contributed by atoms with Gasteiger partial charge in [0.2, 0.25) is 10.0 Å². The van der Waals surface area contributed by atoms with E-state index in [1.807, 2.05) is 4.72 Å². The molecule has 33 heavy (non-hydrogen) atoms. The molecule has 0 unspecified atom stereocenters. The zero-order chi connectivity index (χ0) is 24.9. The topological polar surface area (TPSA) is 197 Å². The molecule has 1 heterocycles. The van der Waals surface area contributed by atoms with Crippen molar-refractivity contribution < 1.29 is 36.6 Å². The minimum Gasteiger partial charge on any atom is -0.505 e. The highest BCUT2D eigenvalue weighted by Crippen LogP contribution is 2.47. The first-order valence-corrected chi connectivity index (χ1v) is 13.0. The van der Waals surface area contributed by atoms with Crippen molar-refractivity contribution in [2.75, 3.05) is 16.7 Å². The van der Waals surface area contributed by atoms with Crippen molar-refractivity contribution in [1.29, 1.82) is 0 Å². The number of rotatable bonds is 7. The van der Waals surface area contributed by atoms with Crippen LogP contribution in [0.4, 0.5) is 5.69 Å². The van der Waals surface area contributed by atoms with Crippen LogP contribution in [-0.4, -0.2) is 55.9 Å². The summed E-state index contributed by atoms with van der Waals surface area (Å²) in [4.78, 5) is 26.0. The van der Waals surface area contributed by atoms with Crippen molar-refractivity contribution in [2.24, 2.45) is 5.73 Å². The standard InChI is InChI=1S/C19H18ClN3O8S2/c1-3-33(30,31)12-7-10(18(21)25)17(24)15(23-32(2,28)29)14(12)13-9-6-8(20)4-5-11(9)22-16(13)19(26)27/h4-7,22-24H,3H2,1-2H3,(H2,21,25)(H,26,27). The first-order valence-electron chi connectivity index (χ1n) is 9.13. The summed E-state index contributed by atoms with van der Waals surface area (Å²) in [5, 5.41) is 20.8. The van der Waals surface area contributed by atoms with Crippen LogP contribution in [-0.2, 0) is 19.9 Å². The fraction of sp³-hybridized carbons (Fsp3) is 0.158. The molecule has 0 fully saturated rings. The molecular weight excluding hydrogens is 498 g/mol. The summed E-state index contributed by atoms with van der Waals surface area (Å²) < 4.78 is 52.2. The van der Waals surface area contributed by atoms with Gasteiger partial charge in [-0.05, 0) is 24.3 Å². The van der Waals surface area contributed by atoms with Crippen LogP contribution in [0, 0.1) is 0 Å². The number of amides is 1. The number of nitrogens with one attached hydrogen (secondary N) is 2. The van der Waals surface area contributed by atoms with Crippen LogP contribution in [0.2, 0.25) is 5.02 Å². The first-order chi connectivity index (χ1) is 15.2. The first kappa shape index (κ1) is 24.4. The number of nitrogens with two attached hydrogens (primary N) is 1. The number of hydrogen-bond acceptors (Lipinski definition) is 7. The zero-order valence-electron chi connectivity index (χ0n) is 17.1. The summed E-state index contributed by atoms with van der Waals surface area (Å²) in [6.45, 7) is 1.30. The van der Waals surface area contributed by atoms with Gasteiger partial charge in [-0.2, -0.15) is 0 Å². The maximum absolute atomic E-state index is 13.0. The Morgan fingerprint density at radius 1 is 1.15 bits per heavy atom. The van der Waals surface area contributed by atoms with Gasteiger partial charge in [-0.25, -0.2) is 21.6 Å². The van der Waals surface area contributed by atoms with Crippen LogP contribution in [0.5, 0.6) is 5.75 Å². The highest BCUT2D eigenvalue weighted by Gasteiger charge is 2.32. The van der Waals surface area contributed by atoms with Crippen molar-refractivity contribution in [3.8, 4) is 16.9 Å². The molecule has 0 atom stereocenters. The Morgan fingerprint density at radius 3 is 2.30 bits per heavy atom. The number of halogens is 1. The number of anilines is 1. The molecule has 0 aliphatic heterocycles. The highest BCUT2D eigenvalue weighted by atomic mass is 35.5. The maximum atomic E-state index is 13.0. The van der Waals surface area contributed by atoms with E-state index in [4.69, 9.17) is 17.3 Å². The average Bonchev–Trinajstić information content (AvgIpc) is 3.06. The maximum Gasteiger partial charge on any atom is 0.352 e. The molecule has 0 aliphatic carbocycles. The number of sulfone groups is 1. The Bertz CT molecular complexity index is 1540. The minimum atomic E-state index is -4.22. The Balaban J connectivity index is 2.70. The number of primary amides is 1. The number of aromatic hydroxyl groups is 1. The highest BCUT2D eigenvalue weighted by molar-refractivity contribution is 7.92. The van der Waals surface area contributed by atoms with Crippen LogP contribution in [0.3, 0.4) is 0 Å². The second-order valence-electron chi connectivity index (χ2n) is 7.03. The lowest BCUT2D eigenvalue weighted by molar-refractivity contribution is 0.0692. The van der Waals surface area contributed by atoms with Gasteiger partial charge in [-0.15, -0.1) is 0 Å². The third-order valence-electron chi connectivity index (χ3n) is 4.76. The zero-order valence-corrected chi connectivity index (χ0v) is 19.5. The fourth-order valence-corrected chi connectivity index (χ4v) is 5.22. The summed E-state index contributed by atoms with van der Waals surface area (Å²) >= 11 is 6.07. The number of H-pyrrole nitrogens is 1. The average molecular weight is 516 g/mol. The lowest BCUT2D eigenvalue weighted by Gasteiger charge is -2.19. The van der Waals surface area contributed by atoms with Crippen LogP contribution >= 0.6 is 11.6 Å².